The van der Waals surface area contributed by atoms with Crippen LogP contribution in [-0.4, -0.2) is 5.91 Å². The predicted octanol–water partition coefficient (Wildman–Crippen LogP) is 3.53. The summed E-state index contributed by atoms with van der Waals surface area (Å²) in [5.41, 5.74) is 8.15. The van der Waals surface area contributed by atoms with Crippen LogP contribution in [0.1, 0.15) is 20.8 Å². The van der Waals surface area contributed by atoms with Gasteiger partial charge in [-0.25, -0.2) is 0 Å². The number of benzene rings is 1. The number of nitriles is 1. The van der Waals surface area contributed by atoms with Gasteiger partial charge in [0.2, 0.25) is 0 Å². The summed E-state index contributed by atoms with van der Waals surface area (Å²) < 4.78 is 0.936. The predicted molar refractivity (Wildman–Crippen MR) is 80.3 cm³/mol. The number of nitrogens with zero attached hydrogens (tertiary/aromatic N) is 1. The Morgan fingerprint density at radius 1 is 1.47 bits per heavy atom. The van der Waals surface area contributed by atoms with E-state index in [0.29, 0.717) is 21.8 Å². The van der Waals surface area contributed by atoms with E-state index in [9.17, 15) is 4.79 Å². The molecule has 4 nitrogen and oxygen atoms in total. The molecule has 1 heterocycles. The molecular formula is C13H10BrN3OS. The Morgan fingerprint density at radius 2 is 2.21 bits per heavy atom. The van der Waals surface area contributed by atoms with E-state index in [2.05, 4.69) is 21.2 Å². The first-order valence-electron chi connectivity index (χ1n) is 5.38. The number of aryl methyl sites for hydroxylation is 1. The molecule has 0 aliphatic carbocycles. The standard InChI is InChI=1S/C13H10BrN3OS/c1-7-4-11(19-12(7)14)13(18)17-10-3-2-8(6-15)5-9(10)16/h2-5H,16H2,1H3,(H,17,18). The molecule has 0 saturated carbocycles. The molecular weight excluding hydrogens is 326 g/mol. The number of carbonyl (C=O) groups is 1. The average Bonchev–Trinajstić information content (AvgIpc) is 2.72. The van der Waals surface area contributed by atoms with Crippen LogP contribution >= 0.6 is 27.3 Å². The van der Waals surface area contributed by atoms with Gasteiger partial charge in [0.1, 0.15) is 0 Å². The number of nitrogen functional groups attached to an aromatic ring is 1. The third-order valence-corrected chi connectivity index (χ3v) is 4.65. The van der Waals surface area contributed by atoms with Crippen molar-refractivity contribution in [3.05, 3.63) is 44.1 Å². The van der Waals surface area contributed by atoms with Crippen molar-refractivity contribution in [3.8, 4) is 6.07 Å². The van der Waals surface area contributed by atoms with Gasteiger partial charge in [0.05, 0.1) is 31.7 Å². The monoisotopic (exact) mass is 335 g/mol. The van der Waals surface area contributed by atoms with Gasteiger partial charge < -0.3 is 11.1 Å². The van der Waals surface area contributed by atoms with Crippen LogP contribution in [-0.2, 0) is 0 Å². The summed E-state index contributed by atoms with van der Waals surface area (Å²) in [6.45, 7) is 1.92. The lowest BCUT2D eigenvalue weighted by atomic mass is 10.2. The summed E-state index contributed by atoms with van der Waals surface area (Å²) >= 11 is 4.75. The number of amides is 1. The van der Waals surface area contributed by atoms with Crippen molar-refractivity contribution >= 4 is 44.5 Å². The van der Waals surface area contributed by atoms with Crippen LogP contribution in [0, 0.1) is 18.3 Å². The summed E-state index contributed by atoms with van der Waals surface area (Å²) in [4.78, 5) is 12.6. The van der Waals surface area contributed by atoms with Crippen LogP contribution in [0.2, 0.25) is 0 Å². The lowest BCUT2D eigenvalue weighted by Gasteiger charge is -2.07. The third kappa shape index (κ3) is 2.95. The van der Waals surface area contributed by atoms with Gasteiger partial charge in [0.15, 0.2) is 0 Å². The van der Waals surface area contributed by atoms with Gasteiger partial charge >= 0.3 is 0 Å². The highest BCUT2D eigenvalue weighted by Gasteiger charge is 2.12. The number of hydrogen-bond acceptors (Lipinski definition) is 4. The maximum absolute atomic E-state index is 12.0. The van der Waals surface area contributed by atoms with Crippen LogP contribution < -0.4 is 11.1 Å². The lowest BCUT2D eigenvalue weighted by molar-refractivity contribution is 0.103. The first-order valence-corrected chi connectivity index (χ1v) is 6.99. The molecule has 1 amide bonds. The summed E-state index contributed by atoms with van der Waals surface area (Å²) in [5, 5.41) is 11.5. The molecule has 0 atom stereocenters. The largest absolute Gasteiger partial charge is 0.397 e. The lowest BCUT2D eigenvalue weighted by Crippen LogP contribution is -2.11. The minimum Gasteiger partial charge on any atom is -0.397 e. The quantitative estimate of drug-likeness (QED) is 0.824. The summed E-state index contributed by atoms with van der Waals surface area (Å²) in [5.74, 6) is -0.213. The van der Waals surface area contributed by atoms with Gasteiger partial charge in [-0.15, -0.1) is 11.3 Å². The van der Waals surface area contributed by atoms with Crippen LogP contribution in [0.4, 0.5) is 11.4 Å². The van der Waals surface area contributed by atoms with Gasteiger partial charge in [-0.05, 0) is 52.7 Å². The molecule has 0 saturated heterocycles. The van der Waals surface area contributed by atoms with E-state index < -0.39 is 0 Å². The van der Waals surface area contributed by atoms with Crippen LogP contribution in [0.15, 0.2) is 28.1 Å². The molecule has 0 bridgehead atoms. The molecule has 2 rings (SSSR count). The van der Waals surface area contributed by atoms with E-state index in [4.69, 9.17) is 11.0 Å². The number of anilines is 2. The minimum atomic E-state index is -0.213. The molecule has 19 heavy (non-hydrogen) atoms. The van der Waals surface area contributed by atoms with Crippen molar-refractivity contribution < 1.29 is 4.79 Å². The molecule has 0 aliphatic rings. The maximum Gasteiger partial charge on any atom is 0.265 e. The molecule has 6 heteroatoms. The van der Waals surface area contributed by atoms with Gasteiger partial charge in [-0.2, -0.15) is 5.26 Å². The fourth-order valence-electron chi connectivity index (χ4n) is 1.50. The Balaban J connectivity index is 2.22. The Hall–Kier alpha value is -1.84. The number of hydrogen-bond donors (Lipinski definition) is 2. The van der Waals surface area contributed by atoms with Gasteiger partial charge in [0, 0.05) is 0 Å². The SMILES string of the molecule is Cc1cc(C(=O)Nc2ccc(C#N)cc2N)sc1Br. The zero-order valence-corrected chi connectivity index (χ0v) is 12.4. The third-order valence-electron chi connectivity index (χ3n) is 2.51. The Labute approximate surface area is 123 Å². The molecule has 1 aromatic carbocycles. The highest BCUT2D eigenvalue weighted by Crippen LogP contribution is 2.28. The number of rotatable bonds is 2. The smallest absolute Gasteiger partial charge is 0.265 e. The number of nitrogens with one attached hydrogen (secondary N) is 1. The second-order valence-corrected chi connectivity index (χ2v) is 6.31. The van der Waals surface area contributed by atoms with Crippen molar-refractivity contribution in [1.82, 2.24) is 0 Å². The Morgan fingerprint density at radius 3 is 2.74 bits per heavy atom. The normalized spacial score (nSPS) is 9.95. The Bertz CT molecular complexity index is 668. The number of thiophene rings is 1. The van der Waals surface area contributed by atoms with Crippen LogP contribution in [0.5, 0.6) is 0 Å². The van der Waals surface area contributed by atoms with Crippen molar-refractivity contribution in [1.29, 1.82) is 5.26 Å². The fourth-order valence-corrected chi connectivity index (χ4v) is 2.93. The molecule has 2 aromatic rings. The fraction of sp³-hybridized carbons (Fsp3) is 0.0769. The molecule has 0 unspecified atom stereocenters. The second kappa shape index (κ2) is 5.43. The van der Waals surface area contributed by atoms with Crippen molar-refractivity contribution in [2.24, 2.45) is 0 Å². The second-order valence-electron chi connectivity index (χ2n) is 3.94. The van der Waals surface area contributed by atoms with Crippen molar-refractivity contribution in [3.63, 3.8) is 0 Å². The van der Waals surface area contributed by atoms with Crippen LogP contribution in [0.25, 0.3) is 0 Å². The zero-order chi connectivity index (χ0) is 14.0. The van der Waals surface area contributed by atoms with E-state index >= 15 is 0 Å². The van der Waals surface area contributed by atoms with Gasteiger partial charge in [-0.1, -0.05) is 0 Å². The topological polar surface area (TPSA) is 78.9 Å². The highest BCUT2D eigenvalue weighted by molar-refractivity contribution is 9.11. The van der Waals surface area contributed by atoms with Gasteiger partial charge in [0.25, 0.3) is 5.91 Å². The summed E-state index contributed by atoms with van der Waals surface area (Å²) in [6.07, 6.45) is 0. The van der Waals surface area contributed by atoms with Crippen molar-refractivity contribution in [2.75, 3.05) is 11.1 Å². The minimum absolute atomic E-state index is 0.213. The average molecular weight is 336 g/mol. The molecule has 0 fully saturated rings. The maximum atomic E-state index is 12.0. The number of halogens is 1. The number of nitrogens with two attached hydrogens (primary N) is 1. The van der Waals surface area contributed by atoms with E-state index in [0.717, 1.165) is 9.35 Å². The van der Waals surface area contributed by atoms with E-state index in [1.807, 2.05) is 19.1 Å². The highest BCUT2D eigenvalue weighted by atomic mass is 79.9. The molecule has 96 valence electrons. The van der Waals surface area contributed by atoms with E-state index in [1.165, 1.54) is 17.4 Å². The first kappa shape index (κ1) is 13.6. The first-order chi connectivity index (χ1) is 9.01. The summed E-state index contributed by atoms with van der Waals surface area (Å²) in [6, 6.07) is 8.58. The molecule has 0 radical (unpaired) electrons. The van der Waals surface area contributed by atoms with Crippen LogP contribution in [0.3, 0.4) is 0 Å². The molecule has 0 aliphatic heterocycles. The molecule has 3 N–H and O–H groups in total. The summed E-state index contributed by atoms with van der Waals surface area (Å²) in [7, 11) is 0. The molecule has 1 aromatic heterocycles. The number of carbonyl (C=O) groups excluding carboxylic acids is 1. The zero-order valence-electron chi connectivity index (χ0n) is 10.0. The van der Waals surface area contributed by atoms with E-state index in [-0.39, 0.29) is 5.91 Å². The molecule has 0 spiro atoms. The van der Waals surface area contributed by atoms with E-state index in [1.54, 1.807) is 12.1 Å². The van der Waals surface area contributed by atoms with Crippen molar-refractivity contribution in [2.45, 2.75) is 6.92 Å². The van der Waals surface area contributed by atoms with Gasteiger partial charge in [-0.3, -0.25) is 4.79 Å². The Kier molecular flexibility index (Phi) is 3.88.